The van der Waals surface area contributed by atoms with Crippen LogP contribution in [0.25, 0.3) is 22.3 Å². The van der Waals surface area contributed by atoms with Crippen LogP contribution in [0.2, 0.25) is 0 Å². The molecule has 1 N–H and O–H groups in total. The molecule has 38 heavy (non-hydrogen) atoms. The van der Waals surface area contributed by atoms with Crippen molar-refractivity contribution < 1.29 is 28.7 Å². The summed E-state index contributed by atoms with van der Waals surface area (Å²) in [6, 6.07) is 10.2. The van der Waals surface area contributed by atoms with Crippen LogP contribution in [-0.2, 0) is 45.4 Å². The first-order chi connectivity index (χ1) is 18.1. The second-order valence-corrected chi connectivity index (χ2v) is 10.8. The second kappa shape index (κ2) is 9.93. The van der Waals surface area contributed by atoms with E-state index in [4.69, 9.17) is 14.5 Å². The third-order valence-corrected chi connectivity index (χ3v) is 7.95. The number of para-hydroxylation sites is 1. The third kappa shape index (κ3) is 4.48. The van der Waals surface area contributed by atoms with Crippen LogP contribution >= 0.6 is 22.6 Å². The average Bonchev–Trinajstić information content (AvgIpc) is 3.25. The summed E-state index contributed by atoms with van der Waals surface area (Å²) >= 11 is 1.68. The fourth-order valence-corrected chi connectivity index (χ4v) is 5.53. The van der Waals surface area contributed by atoms with Crippen LogP contribution in [0.5, 0.6) is 0 Å². The summed E-state index contributed by atoms with van der Waals surface area (Å²) in [6.45, 7) is 3.12. The molecular formula is C27H24IN3O7. The molecule has 0 bridgehead atoms. The zero-order chi connectivity index (χ0) is 27.2. The number of amides is 1. The van der Waals surface area contributed by atoms with Crippen LogP contribution in [0.4, 0.5) is 0 Å². The van der Waals surface area contributed by atoms with Crippen molar-refractivity contribution in [3.63, 3.8) is 0 Å². The molecule has 0 saturated carbocycles. The highest BCUT2D eigenvalue weighted by Gasteiger charge is 2.50. The Morgan fingerprint density at radius 1 is 1.21 bits per heavy atom. The SMILES string of the molecule is CC[C@@H](NC(=O)CCC(C)=O)C(=O)O[C@]1(I)C(=O)OCc2c1cc1n(c2=O)Cc2cc3ccccc3nc2-1. The molecule has 3 aromatic rings. The molecule has 11 heteroatoms. The Hall–Kier alpha value is -3.61. The van der Waals surface area contributed by atoms with Gasteiger partial charge < -0.3 is 24.2 Å². The first-order valence-electron chi connectivity index (χ1n) is 12.2. The van der Waals surface area contributed by atoms with Crippen molar-refractivity contribution in [1.82, 2.24) is 14.9 Å². The summed E-state index contributed by atoms with van der Waals surface area (Å²) in [5.41, 5.74) is 2.86. The van der Waals surface area contributed by atoms with E-state index in [0.29, 0.717) is 17.9 Å². The molecule has 1 amide bonds. The Labute approximate surface area is 230 Å². The predicted molar refractivity (Wildman–Crippen MR) is 144 cm³/mol. The zero-order valence-corrected chi connectivity index (χ0v) is 22.9. The second-order valence-electron chi connectivity index (χ2n) is 9.32. The summed E-state index contributed by atoms with van der Waals surface area (Å²) in [5.74, 6) is -2.31. The topological polar surface area (TPSA) is 134 Å². The van der Waals surface area contributed by atoms with E-state index in [2.05, 4.69) is 5.32 Å². The number of fused-ring (bicyclic) bond motifs is 5. The molecule has 0 radical (unpaired) electrons. The molecule has 0 spiro atoms. The van der Waals surface area contributed by atoms with Crippen molar-refractivity contribution in [3.8, 4) is 11.4 Å². The van der Waals surface area contributed by atoms with Crippen LogP contribution in [-0.4, -0.2) is 39.2 Å². The fourth-order valence-electron chi connectivity index (χ4n) is 4.67. The summed E-state index contributed by atoms with van der Waals surface area (Å²) in [6.07, 6.45) is 0.174. The van der Waals surface area contributed by atoms with Gasteiger partial charge in [0.2, 0.25) is 5.91 Å². The van der Waals surface area contributed by atoms with Crippen LogP contribution in [0.15, 0.2) is 41.2 Å². The van der Waals surface area contributed by atoms with Crippen LogP contribution in [0, 0.1) is 0 Å². The van der Waals surface area contributed by atoms with E-state index >= 15 is 0 Å². The minimum Gasteiger partial charge on any atom is -0.457 e. The van der Waals surface area contributed by atoms with Crippen molar-refractivity contribution in [2.24, 2.45) is 0 Å². The minimum absolute atomic E-state index is 0.0487. The summed E-state index contributed by atoms with van der Waals surface area (Å²) in [5, 5.41) is 3.50. The Morgan fingerprint density at radius 3 is 2.71 bits per heavy atom. The van der Waals surface area contributed by atoms with Crippen molar-refractivity contribution in [3.05, 3.63) is 63.4 Å². The number of carbonyl (C=O) groups is 4. The number of cyclic esters (lactones) is 1. The molecule has 2 atom stereocenters. The van der Waals surface area contributed by atoms with Crippen LogP contribution in [0.1, 0.15) is 49.8 Å². The Kier molecular flexibility index (Phi) is 6.80. The van der Waals surface area contributed by atoms with Crippen LogP contribution < -0.4 is 10.9 Å². The number of carbonyl (C=O) groups excluding carboxylic acids is 4. The number of aromatic nitrogens is 2. The zero-order valence-electron chi connectivity index (χ0n) is 20.7. The number of hydrogen-bond acceptors (Lipinski definition) is 8. The molecule has 2 aliphatic heterocycles. The average molecular weight is 629 g/mol. The Morgan fingerprint density at radius 2 is 1.97 bits per heavy atom. The van der Waals surface area contributed by atoms with Crippen molar-refractivity contribution in [1.29, 1.82) is 0 Å². The van der Waals surface area contributed by atoms with Gasteiger partial charge in [-0.25, -0.2) is 14.6 Å². The number of rotatable bonds is 7. The van der Waals surface area contributed by atoms with Gasteiger partial charge >= 0.3 is 11.9 Å². The molecule has 5 rings (SSSR count). The molecule has 0 fully saturated rings. The fraction of sp³-hybridized carbons (Fsp3) is 0.333. The molecule has 0 unspecified atom stereocenters. The van der Waals surface area contributed by atoms with Gasteiger partial charge in [-0.1, -0.05) is 25.1 Å². The van der Waals surface area contributed by atoms with Gasteiger partial charge in [-0.05, 0) is 54.1 Å². The van der Waals surface area contributed by atoms with Gasteiger partial charge in [-0.15, -0.1) is 0 Å². The predicted octanol–water partition coefficient (Wildman–Crippen LogP) is 2.88. The Balaban J connectivity index is 1.51. The van der Waals surface area contributed by atoms with Gasteiger partial charge in [0.25, 0.3) is 9.17 Å². The molecule has 10 nitrogen and oxygen atoms in total. The maximum atomic E-state index is 13.5. The minimum atomic E-state index is -1.94. The highest BCUT2D eigenvalue weighted by molar-refractivity contribution is 14.1. The third-order valence-electron chi connectivity index (χ3n) is 6.70. The lowest BCUT2D eigenvalue weighted by molar-refractivity contribution is -0.175. The quantitative estimate of drug-likeness (QED) is 0.188. The highest BCUT2D eigenvalue weighted by Crippen LogP contribution is 2.43. The number of hydrogen-bond donors (Lipinski definition) is 1. The number of alkyl halides is 1. The first kappa shape index (κ1) is 26.0. The maximum absolute atomic E-state index is 13.5. The monoisotopic (exact) mass is 629 g/mol. The maximum Gasteiger partial charge on any atom is 0.366 e. The van der Waals surface area contributed by atoms with E-state index in [9.17, 15) is 24.0 Å². The smallest absolute Gasteiger partial charge is 0.366 e. The number of halogens is 1. The largest absolute Gasteiger partial charge is 0.457 e. The molecule has 0 saturated heterocycles. The summed E-state index contributed by atoms with van der Waals surface area (Å²) < 4.78 is 10.6. The number of ketones is 1. The van der Waals surface area contributed by atoms with Crippen molar-refractivity contribution >= 4 is 57.1 Å². The van der Waals surface area contributed by atoms with Gasteiger partial charge in [-0.2, -0.15) is 0 Å². The van der Waals surface area contributed by atoms with Gasteiger partial charge in [0.1, 0.15) is 18.4 Å². The van der Waals surface area contributed by atoms with E-state index in [1.165, 1.54) is 6.92 Å². The van der Waals surface area contributed by atoms with Crippen LogP contribution in [0.3, 0.4) is 0 Å². The number of benzene rings is 1. The molecule has 0 aliphatic carbocycles. The normalized spacial score (nSPS) is 18.1. The first-order valence-corrected chi connectivity index (χ1v) is 13.2. The van der Waals surface area contributed by atoms with E-state index in [1.54, 1.807) is 40.1 Å². The van der Waals surface area contributed by atoms with E-state index in [1.807, 2.05) is 30.3 Å². The molecular weight excluding hydrogens is 605 g/mol. The molecule has 2 aliphatic rings. The number of Topliss-reactive ketones (excluding diaryl/α,β-unsaturated/α-hetero) is 1. The lowest BCUT2D eigenvalue weighted by Crippen LogP contribution is -2.48. The van der Waals surface area contributed by atoms with E-state index in [-0.39, 0.29) is 48.3 Å². The number of pyridine rings is 2. The number of esters is 2. The van der Waals surface area contributed by atoms with Gasteiger partial charge in [-0.3, -0.25) is 9.59 Å². The van der Waals surface area contributed by atoms with E-state index in [0.717, 1.165) is 16.5 Å². The Bertz CT molecular complexity index is 1580. The lowest BCUT2D eigenvalue weighted by Gasteiger charge is -2.33. The molecule has 4 heterocycles. The molecule has 2 aromatic heterocycles. The standard InChI is InChI=1S/C27H24IN3O7/c1-3-19(29-22(33)9-8-14(2)32)25(35)38-27(28)18-11-21-23-16(10-15-6-4-5-7-20(15)30-23)12-31(21)24(34)17(18)13-37-26(27)36/h4-7,10-11,19H,3,8-9,12-13H2,1-2H3,(H,29,33)/t19-,27+/m1/s1. The van der Waals surface area contributed by atoms with Crippen molar-refractivity contribution in [2.45, 2.75) is 55.9 Å². The lowest BCUT2D eigenvalue weighted by atomic mass is 10.00. The van der Waals surface area contributed by atoms with Gasteiger partial charge in [0.05, 0.1) is 29.0 Å². The number of ether oxygens (including phenoxy) is 2. The number of nitrogens with one attached hydrogen (secondary N) is 1. The van der Waals surface area contributed by atoms with Gasteiger partial charge in [0, 0.05) is 29.4 Å². The highest BCUT2D eigenvalue weighted by atomic mass is 127. The molecule has 1 aromatic carbocycles. The summed E-state index contributed by atoms with van der Waals surface area (Å²) in [4.78, 5) is 67.8. The van der Waals surface area contributed by atoms with Gasteiger partial charge in [0.15, 0.2) is 0 Å². The molecule has 196 valence electrons. The number of nitrogens with zero attached hydrogens (tertiary/aromatic N) is 2. The van der Waals surface area contributed by atoms with E-state index < -0.39 is 27.5 Å². The van der Waals surface area contributed by atoms with Crippen molar-refractivity contribution in [2.75, 3.05) is 0 Å². The summed E-state index contributed by atoms with van der Waals surface area (Å²) in [7, 11) is 0.